The second-order valence-corrected chi connectivity index (χ2v) is 3.86. The monoisotopic (exact) mass is 225 g/mol. The quantitative estimate of drug-likeness (QED) is 0.803. The Balaban J connectivity index is 2.88. The summed E-state index contributed by atoms with van der Waals surface area (Å²) < 4.78 is 17.5. The smallest absolute Gasteiger partial charge is 0.124 e. The zero-order valence-electron chi connectivity index (χ0n) is 10.2. The van der Waals surface area contributed by atoms with E-state index in [2.05, 4.69) is 19.2 Å². The van der Waals surface area contributed by atoms with Gasteiger partial charge in [0.25, 0.3) is 0 Å². The molecule has 3 heteroatoms. The number of benzene rings is 1. The summed E-state index contributed by atoms with van der Waals surface area (Å²) in [5, 5.41) is 3.32. The number of hydrogen-bond donors (Lipinski definition) is 1. The van der Waals surface area contributed by atoms with Gasteiger partial charge in [-0.25, -0.2) is 4.39 Å². The summed E-state index contributed by atoms with van der Waals surface area (Å²) in [6.45, 7) is 6.71. The van der Waals surface area contributed by atoms with Gasteiger partial charge in [-0.15, -0.1) is 0 Å². The average Bonchev–Trinajstić information content (AvgIpc) is 2.26. The van der Waals surface area contributed by atoms with Gasteiger partial charge >= 0.3 is 0 Å². The van der Waals surface area contributed by atoms with Crippen LogP contribution in [0.15, 0.2) is 18.2 Å². The minimum absolute atomic E-state index is 0.120. The molecule has 0 bridgehead atoms. The van der Waals surface area contributed by atoms with Crippen LogP contribution in [-0.2, 0) is 0 Å². The largest absolute Gasteiger partial charge is 0.491 e. The van der Waals surface area contributed by atoms with E-state index in [1.165, 1.54) is 0 Å². The minimum Gasteiger partial charge on any atom is -0.491 e. The maximum atomic E-state index is 12.1. The Morgan fingerprint density at radius 2 is 2.19 bits per heavy atom. The number of rotatable bonds is 6. The van der Waals surface area contributed by atoms with E-state index in [0.717, 1.165) is 23.4 Å². The van der Waals surface area contributed by atoms with Crippen molar-refractivity contribution < 1.29 is 9.13 Å². The van der Waals surface area contributed by atoms with Crippen molar-refractivity contribution in [1.82, 2.24) is 5.32 Å². The lowest BCUT2D eigenvalue weighted by atomic mass is 10.0. The molecule has 0 amide bonds. The van der Waals surface area contributed by atoms with Crippen molar-refractivity contribution >= 4 is 0 Å². The molecular weight excluding hydrogens is 205 g/mol. The number of hydrogen-bond acceptors (Lipinski definition) is 2. The second kappa shape index (κ2) is 6.48. The number of alkyl halides is 1. The molecule has 0 fully saturated rings. The molecule has 1 N–H and O–H groups in total. The van der Waals surface area contributed by atoms with Gasteiger partial charge in [0, 0.05) is 11.6 Å². The van der Waals surface area contributed by atoms with Crippen molar-refractivity contribution in [1.29, 1.82) is 0 Å². The first-order valence-electron chi connectivity index (χ1n) is 5.71. The van der Waals surface area contributed by atoms with Gasteiger partial charge < -0.3 is 10.1 Å². The van der Waals surface area contributed by atoms with Crippen LogP contribution in [-0.4, -0.2) is 19.8 Å². The van der Waals surface area contributed by atoms with Crippen molar-refractivity contribution in [3.8, 4) is 5.75 Å². The number of ether oxygens (including phenoxy) is 1. The summed E-state index contributed by atoms with van der Waals surface area (Å²) in [4.78, 5) is 0. The molecule has 0 aliphatic rings. The van der Waals surface area contributed by atoms with Crippen molar-refractivity contribution in [2.75, 3.05) is 19.8 Å². The molecule has 0 saturated heterocycles. The van der Waals surface area contributed by atoms with Crippen LogP contribution in [0.25, 0.3) is 0 Å². The van der Waals surface area contributed by atoms with Crippen LogP contribution in [0.1, 0.15) is 31.0 Å². The summed E-state index contributed by atoms with van der Waals surface area (Å²) in [5.74, 6) is 0.783. The van der Waals surface area contributed by atoms with E-state index < -0.39 is 6.67 Å². The highest BCUT2D eigenvalue weighted by atomic mass is 19.1. The lowest BCUT2D eigenvalue weighted by molar-refractivity contribution is 0.269. The maximum Gasteiger partial charge on any atom is 0.124 e. The lowest BCUT2D eigenvalue weighted by Crippen LogP contribution is -2.18. The van der Waals surface area contributed by atoms with Crippen LogP contribution in [0.3, 0.4) is 0 Å². The van der Waals surface area contributed by atoms with Crippen molar-refractivity contribution in [2.45, 2.75) is 26.8 Å². The Hall–Kier alpha value is -1.09. The summed E-state index contributed by atoms with van der Waals surface area (Å²) >= 11 is 0. The van der Waals surface area contributed by atoms with Gasteiger partial charge in [0.2, 0.25) is 0 Å². The number of halogens is 1. The van der Waals surface area contributed by atoms with E-state index in [4.69, 9.17) is 4.74 Å². The van der Waals surface area contributed by atoms with E-state index in [1.54, 1.807) is 0 Å². The Labute approximate surface area is 96.8 Å². The SMILES string of the molecule is CCNC(C)c1ccc(C)cc1OCCF. The summed E-state index contributed by atoms with van der Waals surface area (Å²) in [5.41, 5.74) is 2.21. The van der Waals surface area contributed by atoms with Gasteiger partial charge in [-0.1, -0.05) is 19.1 Å². The molecule has 90 valence electrons. The molecule has 1 rings (SSSR count). The van der Waals surface area contributed by atoms with Crippen molar-refractivity contribution in [2.24, 2.45) is 0 Å². The van der Waals surface area contributed by atoms with E-state index >= 15 is 0 Å². The molecule has 1 aromatic rings. The fraction of sp³-hybridized carbons (Fsp3) is 0.538. The predicted molar refractivity (Wildman–Crippen MR) is 64.7 cm³/mol. The minimum atomic E-state index is -0.455. The molecule has 0 aromatic heterocycles. The van der Waals surface area contributed by atoms with Crippen molar-refractivity contribution in [3.63, 3.8) is 0 Å². The van der Waals surface area contributed by atoms with Crippen LogP contribution in [0, 0.1) is 6.92 Å². The van der Waals surface area contributed by atoms with Crippen LogP contribution < -0.4 is 10.1 Å². The third-order valence-electron chi connectivity index (χ3n) is 2.48. The first-order chi connectivity index (χ1) is 7.69. The highest BCUT2D eigenvalue weighted by Crippen LogP contribution is 2.26. The third-order valence-corrected chi connectivity index (χ3v) is 2.48. The summed E-state index contributed by atoms with van der Waals surface area (Å²) in [6, 6.07) is 6.26. The second-order valence-electron chi connectivity index (χ2n) is 3.86. The molecule has 0 spiro atoms. The first kappa shape index (κ1) is 13.0. The lowest BCUT2D eigenvalue weighted by Gasteiger charge is -2.17. The standard InChI is InChI=1S/C13H20FNO/c1-4-15-11(3)12-6-5-10(2)9-13(12)16-8-7-14/h5-6,9,11,15H,4,7-8H2,1-3H3. The predicted octanol–water partition coefficient (Wildman–Crippen LogP) is 3.01. The fourth-order valence-electron chi connectivity index (χ4n) is 1.69. The van der Waals surface area contributed by atoms with Gasteiger partial charge in [-0.2, -0.15) is 0 Å². The Kier molecular flexibility index (Phi) is 5.26. The first-order valence-corrected chi connectivity index (χ1v) is 5.71. The molecule has 0 radical (unpaired) electrons. The molecule has 0 aliphatic carbocycles. The molecule has 0 saturated carbocycles. The molecule has 1 unspecified atom stereocenters. The zero-order chi connectivity index (χ0) is 12.0. The molecule has 2 nitrogen and oxygen atoms in total. The van der Waals surface area contributed by atoms with Crippen molar-refractivity contribution in [3.05, 3.63) is 29.3 Å². The molecular formula is C13H20FNO. The maximum absolute atomic E-state index is 12.1. The van der Waals surface area contributed by atoms with Crippen LogP contribution >= 0.6 is 0 Å². The number of nitrogens with one attached hydrogen (secondary N) is 1. The summed E-state index contributed by atoms with van der Waals surface area (Å²) in [6.07, 6.45) is 0. The molecule has 0 aliphatic heterocycles. The van der Waals surface area contributed by atoms with Gasteiger partial charge in [0.1, 0.15) is 19.0 Å². The Bertz CT molecular complexity index is 328. The van der Waals surface area contributed by atoms with Crippen LogP contribution in [0.5, 0.6) is 5.75 Å². The van der Waals surface area contributed by atoms with Gasteiger partial charge in [0.05, 0.1) is 0 Å². The normalized spacial score (nSPS) is 12.5. The van der Waals surface area contributed by atoms with E-state index in [1.807, 2.05) is 25.1 Å². The zero-order valence-corrected chi connectivity index (χ0v) is 10.2. The highest BCUT2D eigenvalue weighted by molar-refractivity contribution is 5.39. The van der Waals surface area contributed by atoms with Gasteiger partial charge in [0.15, 0.2) is 0 Å². The molecule has 1 atom stereocenters. The third kappa shape index (κ3) is 3.49. The average molecular weight is 225 g/mol. The van der Waals surface area contributed by atoms with E-state index in [0.29, 0.717) is 0 Å². The fourth-order valence-corrected chi connectivity index (χ4v) is 1.69. The van der Waals surface area contributed by atoms with Gasteiger partial charge in [-0.3, -0.25) is 0 Å². The molecule has 0 heterocycles. The Morgan fingerprint density at radius 3 is 2.81 bits per heavy atom. The number of aryl methyl sites for hydroxylation is 1. The highest BCUT2D eigenvalue weighted by Gasteiger charge is 2.10. The molecule has 16 heavy (non-hydrogen) atoms. The Morgan fingerprint density at radius 1 is 1.44 bits per heavy atom. The van der Waals surface area contributed by atoms with Gasteiger partial charge in [-0.05, 0) is 32.0 Å². The summed E-state index contributed by atoms with van der Waals surface area (Å²) in [7, 11) is 0. The van der Waals surface area contributed by atoms with Crippen LogP contribution in [0.4, 0.5) is 4.39 Å². The van der Waals surface area contributed by atoms with E-state index in [9.17, 15) is 4.39 Å². The molecule has 1 aromatic carbocycles. The topological polar surface area (TPSA) is 21.3 Å². The van der Waals surface area contributed by atoms with E-state index in [-0.39, 0.29) is 12.6 Å². The van der Waals surface area contributed by atoms with Crippen LogP contribution in [0.2, 0.25) is 0 Å².